The molecule has 2 aromatic rings. The van der Waals surface area contributed by atoms with Gasteiger partial charge >= 0.3 is 0 Å². The van der Waals surface area contributed by atoms with Crippen molar-refractivity contribution in [3.63, 3.8) is 0 Å². The lowest BCUT2D eigenvalue weighted by molar-refractivity contribution is 0.122. The molecule has 1 N–H and O–H groups in total. The zero-order chi connectivity index (χ0) is 12.9. The van der Waals surface area contributed by atoms with E-state index in [2.05, 4.69) is 25.2 Å². The molecule has 19 heavy (non-hydrogen) atoms. The maximum Gasteiger partial charge on any atom is 0.150 e. The van der Waals surface area contributed by atoms with Crippen LogP contribution in [0.25, 0.3) is 0 Å². The van der Waals surface area contributed by atoms with Crippen LogP contribution < -0.4 is 10.2 Å². The minimum absolute atomic E-state index is 0.689. The fourth-order valence-corrected chi connectivity index (χ4v) is 1.96. The predicted molar refractivity (Wildman–Crippen MR) is 72.6 cm³/mol. The molecule has 1 aliphatic heterocycles. The van der Waals surface area contributed by atoms with Crippen molar-refractivity contribution < 1.29 is 4.74 Å². The van der Waals surface area contributed by atoms with E-state index in [-0.39, 0.29) is 0 Å². The normalized spacial score (nSPS) is 15.3. The van der Waals surface area contributed by atoms with Crippen molar-refractivity contribution in [2.45, 2.75) is 0 Å². The highest BCUT2D eigenvalue weighted by Gasteiger charge is 2.12. The average Bonchev–Trinajstić information content (AvgIpc) is 2.49. The van der Waals surface area contributed by atoms with Gasteiger partial charge in [0.2, 0.25) is 0 Å². The standard InChI is InChI=1S/C13H15N5O/c1-2-11(16-12-10-14-4-5-15-12)17-13(3-1)18-6-8-19-9-7-18/h1-5,10H,6-9H2,(H,15,16,17). The van der Waals surface area contributed by atoms with E-state index in [9.17, 15) is 0 Å². The van der Waals surface area contributed by atoms with Crippen molar-refractivity contribution in [2.24, 2.45) is 0 Å². The van der Waals surface area contributed by atoms with Crippen LogP contribution in [0.5, 0.6) is 0 Å². The van der Waals surface area contributed by atoms with Gasteiger partial charge in [0.25, 0.3) is 0 Å². The van der Waals surface area contributed by atoms with Crippen LogP contribution in [0.1, 0.15) is 0 Å². The van der Waals surface area contributed by atoms with Gasteiger partial charge in [-0.1, -0.05) is 6.07 Å². The molecule has 0 aliphatic carbocycles. The highest BCUT2D eigenvalue weighted by molar-refractivity contribution is 5.54. The molecule has 0 atom stereocenters. The first kappa shape index (κ1) is 11.9. The van der Waals surface area contributed by atoms with Crippen molar-refractivity contribution in [3.8, 4) is 0 Å². The largest absolute Gasteiger partial charge is 0.378 e. The number of hydrogen-bond donors (Lipinski definition) is 1. The van der Waals surface area contributed by atoms with Gasteiger partial charge in [-0.3, -0.25) is 4.98 Å². The number of anilines is 3. The number of nitrogens with one attached hydrogen (secondary N) is 1. The first-order valence-corrected chi connectivity index (χ1v) is 6.24. The van der Waals surface area contributed by atoms with Crippen molar-refractivity contribution in [3.05, 3.63) is 36.8 Å². The SMILES string of the molecule is c1cc(Nc2cnccn2)nc(N2CCOCC2)c1. The molecular formula is C13H15N5O. The topological polar surface area (TPSA) is 63.2 Å². The molecule has 6 nitrogen and oxygen atoms in total. The predicted octanol–water partition coefficient (Wildman–Crippen LogP) is 1.45. The van der Waals surface area contributed by atoms with Crippen molar-refractivity contribution in [2.75, 3.05) is 36.5 Å². The van der Waals surface area contributed by atoms with Gasteiger partial charge in [-0.2, -0.15) is 0 Å². The number of hydrogen-bond acceptors (Lipinski definition) is 6. The Morgan fingerprint density at radius 2 is 2.00 bits per heavy atom. The van der Waals surface area contributed by atoms with Gasteiger partial charge in [0.05, 0.1) is 19.4 Å². The van der Waals surface area contributed by atoms with Crippen LogP contribution in [0.2, 0.25) is 0 Å². The Bertz CT molecular complexity index is 528. The molecule has 0 unspecified atom stereocenters. The van der Waals surface area contributed by atoms with Crippen LogP contribution >= 0.6 is 0 Å². The minimum atomic E-state index is 0.689. The molecule has 0 spiro atoms. The van der Waals surface area contributed by atoms with Gasteiger partial charge in [0, 0.05) is 25.5 Å². The molecule has 6 heteroatoms. The number of morpholine rings is 1. The Hall–Kier alpha value is -2.21. The smallest absolute Gasteiger partial charge is 0.150 e. The maximum atomic E-state index is 5.34. The highest BCUT2D eigenvalue weighted by Crippen LogP contribution is 2.17. The number of pyridine rings is 1. The van der Waals surface area contributed by atoms with Gasteiger partial charge in [0.1, 0.15) is 17.5 Å². The summed E-state index contributed by atoms with van der Waals surface area (Å²) in [5, 5.41) is 3.14. The Morgan fingerprint density at radius 3 is 2.79 bits per heavy atom. The van der Waals surface area contributed by atoms with E-state index >= 15 is 0 Å². The van der Waals surface area contributed by atoms with Crippen LogP contribution in [0.3, 0.4) is 0 Å². The van der Waals surface area contributed by atoms with Crippen LogP contribution in [0.15, 0.2) is 36.8 Å². The molecule has 3 rings (SSSR count). The minimum Gasteiger partial charge on any atom is -0.378 e. The van der Waals surface area contributed by atoms with Crippen molar-refractivity contribution in [1.29, 1.82) is 0 Å². The molecule has 0 bridgehead atoms. The third kappa shape index (κ3) is 2.97. The molecule has 1 aliphatic rings. The van der Waals surface area contributed by atoms with Gasteiger partial charge in [-0.05, 0) is 12.1 Å². The lowest BCUT2D eigenvalue weighted by Gasteiger charge is -2.28. The molecular weight excluding hydrogens is 242 g/mol. The molecule has 0 aromatic carbocycles. The first-order chi connectivity index (χ1) is 9.42. The molecule has 0 amide bonds. The summed E-state index contributed by atoms with van der Waals surface area (Å²) in [4.78, 5) is 15.0. The van der Waals surface area contributed by atoms with E-state index in [1.807, 2.05) is 18.2 Å². The molecule has 1 fully saturated rings. The molecule has 98 valence electrons. The second-order valence-corrected chi connectivity index (χ2v) is 4.20. The van der Waals surface area contributed by atoms with Gasteiger partial charge < -0.3 is 15.0 Å². The number of rotatable bonds is 3. The molecule has 0 saturated carbocycles. The van der Waals surface area contributed by atoms with Crippen LogP contribution in [0.4, 0.5) is 17.5 Å². The van der Waals surface area contributed by atoms with Crippen molar-refractivity contribution >= 4 is 17.5 Å². The van der Waals surface area contributed by atoms with E-state index in [0.29, 0.717) is 5.82 Å². The number of nitrogens with zero attached hydrogens (tertiary/aromatic N) is 4. The van der Waals surface area contributed by atoms with Crippen LogP contribution in [-0.4, -0.2) is 41.3 Å². The fraction of sp³-hybridized carbons (Fsp3) is 0.308. The van der Waals surface area contributed by atoms with Gasteiger partial charge in [-0.25, -0.2) is 9.97 Å². The summed E-state index contributed by atoms with van der Waals surface area (Å²) < 4.78 is 5.34. The Balaban J connectivity index is 1.76. The zero-order valence-corrected chi connectivity index (χ0v) is 10.5. The van der Waals surface area contributed by atoms with E-state index in [0.717, 1.165) is 37.9 Å². The number of ether oxygens (including phenoxy) is 1. The maximum absolute atomic E-state index is 5.34. The lowest BCUT2D eigenvalue weighted by Crippen LogP contribution is -2.36. The van der Waals surface area contributed by atoms with E-state index in [1.54, 1.807) is 18.6 Å². The zero-order valence-electron chi connectivity index (χ0n) is 10.5. The average molecular weight is 257 g/mol. The lowest BCUT2D eigenvalue weighted by atomic mass is 10.3. The van der Waals surface area contributed by atoms with Gasteiger partial charge in [-0.15, -0.1) is 0 Å². The fourth-order valence-electron chi connectivity index (χ4n) is 1.96. The Kier molecular flexibility index (Phi) is 3.51. The summed E-state index contributed by atoms with van der Waals surface area (Å²) in [6.07, 6.45) is 4.96. The van der Waals surface area contributed by atoms with E-state index in [1.165, 1.54) is 0 Å². The molecule has 3 heterocycles. The molecule has 1 saturated heterocycles. The van der Waals surface area contributed by atoms with E-state index in [4.69, 9.17) is 4.74 Å². The van der Waals surface area contributed by atoms with Gasteiger partial charge in [0.15, 0.2) is 0 Å². The monoisotopic (exact) mass is 257 g/mol. The summed E-state index contributed by atoms with van der Waals surface area (Å²) in [7, 11) is 0. The second kappa shape index (κ2) is 5.62. The first-order valence-electron chi connectivity index (χ1n) is 6.24. The Labute approximate surface area is 111 Å². The van der Waals surface area contributed by atoms with Crippen LogP contribution in [-0.2, 0) is 4.74 Å². The third-order valence-corrected chi connectivity index (χ3v) is 2.89. The summed E-state index contributed by atoms with van der Waals surface area (Å²) in [5.74, 6) is 2.41. The van der Waals surface area contributed by atoms with Crippen LogP contribution in [0, 0.1) is 0 Å². The summed E-state index contributed by atoms with van der Waals surface area (Å²) in [6.45, 7) is 3.26. The van der Waals surface area contributed by atoms with E-state index < -0.39 is 0 Å². The Morgan fingerprint density at radius 1 is 1.11 bits per heavy atom. The second-order valence-electron chi connectivity index (χ2n) is 4.20. The summed E-state index contributed by atoms with van der Waals surface area (Å²) >= 11 is 0. The molecule has 0 radical (unpaired) electrons. The summed E-state index contributed by atoms with van der Waals surface area (Å²) in [5.41, 5.74) is 0. The summed E-state index contributed by atoms with van der Waals surface area (Å²) in [6, 6.07) is 5.91. The number of aromatic nitrogens is 3. The third-order valence-electron chi connectivity index (χ3n) is 2.89. The highest BCUT2D eigenvalue weighted by atomic mass is 16.5. The molecule has 2 aromatic heterocycles. The quantitative estimate of drug-likeness (QED) is 0.898. The van der Waals surface area contributed by atoms with Crippen molar-refractivity contribution in [1.82, 2.24) is 15.0 Å².